The lowest BCUT2D eigenvalue weighted by Crippen LogP contribution is -2.20. The van der Waals surface area contributed by atoms with Gasteiger partial charge in [-0.05, 0) is 30.9 Å². The van der Waals surface area contributed by atoms with Gasteiger partial charge in [0.1, 0.15) is 11.2 Å². The third-order valence-electron chi connectivity index (χ3n) is 4.15. The molecule has 1 N–H and O–H groups in total. The predicted octanol–water partition coefficient (Wildman–Crippen LogP) is 3.11. The van der Waals surface area contributed by atoms with Crippen molar-refractivity contribution in [1.82, 2.24) is 9.97 Å². The van der Waals surface area contributed by atoms with Crippen LogP contribution in [0.3, 0.4) is 0 Å². The van der Waals surface area contributed by atoms with Crippen molar-refractivity contribution in [2.75, 3.05) is 11.9 Å². The molecule has 132 valence electrons. The van der Waals surface area contributed by atoms with Crippen molar-refractivity contribution in [1.29, 1.82) is 0 Å². The first kappa shape index (κ1) is 16.4. The van der Waals surface area contributed by atoms with Gasteiger partial charge in [0.25, 0.3) is 11.6 Å². The smallest absolute Gasteiger partial charge is 0.271 e. The van der Waals surface area contributed by atoms with Crippen molar-refractivity contribution in [3.63, 3.8) is 0 Å². The Morgan fingerprint density at radius 3 is 3.08 bits per heavy atom. The highest BCUT2D eigenvalue weighted by molar-refractivity contribution is 7.18. The van der Waals surface area contributed by atoms with Crippen molar-refractivity contribution in [2.24, 2.45) is 0 Å². The van der Waals surface area contributed by atoms with Crippen LogP contribution < -0.4 is 10.1 Å². The molecule has 0 fully saturated rings. The van der Waals surface area contributed by atoms with Gasteiger partial charge in [0.15, 0.2) is 6.61 Å². The molecule has 1 amide bonds. The summed E-state index contributed by atoms with van der Waals surface area (Å²) < 4.78 is 5.62. The minimum atomic E-state index is -0.513. The van der Waals surface area contributed by atoms with Crippen LogP contribution in [0.4, 0.5) is 11.4 Å². The Morgan fingerprint density at radius 1 is 1.35 bits per heavy atom. The van der Waals surface area contributed by atoms with E-state index in [2.05, 4.69) is 15.3 Å². The van der Waals surface area contributed by atoms with Gasteiger partial charge in [0.2, 0.25) is 5.88 Å². The van der Waals surface area contributed by atoms with Crippen LogP contribution in [0.15, 0.2) is 30.6 Å². The van der Waals surface area contributed by atoms with Crippen molar-refractivity contribution >= 4 is 38.8 Å². The number of ether oxygens (including phenoxy) is 1. The number of nitro benzene ring substituents is 1. The maximum absolute atomic E-state index is 12.1. The lowest BCUT2D eigenvalue weighted by Gasteiger charge is -2.08. The van der Waals surface area contributed by atoms with Gasteiger partial charge >= 0.3 is 0 Å². The fourth-order valence-electron chi connectivity index (χ4n) is 3.04. The Morgan fingerprint density at radius 2 is 2.23 bits per heavy atom. The molecule has 8 nitrogen and oxygen atoms in total. The molecule has 0 atom stereocenters. The number of nitro groups is 1. The molecule has 0 saturated heterocycles. The summed E-state index contributed by atoms with van der Waals surface area (Å²) in [4.78, 5) is 33.1. The number of rotatable bonds is 5. The van der Waals surface area contributed by atoms with E-state index in [-0.39, 0.29) is 12.3 Å². The number of nitrogens with one attached hydrogen (secondary N) is 1. The number of thiophene rings is 1. The molecule has 0 bridgehead atoms. The lowest BCUT2D eigenvalue weighted by atomic mass is 10.2. The number of benzene rings is 1. The molecule has 0 saturated carbocycles. The maximum atomic E-state index is 12.1. The van der Waals surface area contributed by atoms with Gasteiger partial charge in [-0.25, -0.2) is 9.97 Å². The van der Waals surface area contributed by atoms with Crippen LogP contribution in [0.1, 0.15) is 16.9 Å². The molecule has 0 aliphatic heterocycles. The number of non-ortho nitro benzene ring substituents is 1. The number of hydrogen-bond donors (Lipinski definition) is 1. The number of carbonyl (C=O) groups excluding carboxylic acids is 1. The second-order valence-corrected chi connectivity index (χ2v) is 6.94. The van der Waals surface area contributed by atoms with Crippen molar-refractivity contribution < 1.29 is 14.5 Å². The molecular formula is C17H14N4O4S. The highest BCUT2D eigenvalue weighted by Crippen LogP contribution is 2.39. The number of amides is 1. The van der Waals surface area contributed by atoms with E-state index in [0.717, 1.165) is 29.5 Å². The summed E-state index contributed by atoms with van der Waals surface area (Å²) in [6.45, 7) is -0.237. The Hall–Kier alpha value is -3.07. The van der Waals surface area contributed by atoms with E-state index in [1.54, 1.807) is 17.4 Å². The number of anilines is 1. The van der Waals surface area contributed by atoms with E-state index in [4.69, 9.17) is 4.74 Å². The molecule has 2 aromatic heterocycles. The second-order valence-electron chi connectivity index (χ2n) is 5.86. The van der Waals surface area contributed by atoms with E-state index in [1.165, 1.54) is 35.0 Å². The number of aromatic nitrogens is 2. The van der Waals surface area contributed by atoms with Gasteiger partial charge in [-0.15, -0.1) is 11.3 Å². The van der Waals surface area contributed by atoms with Crippen LogP contribution in [-0.2, 0) is 17.6 Å². The first-order valence-electron chi connectivity index (χ1n) is 8.04. The van der Waals surface area contributed by atoms with Gasteiger partial charge in [0, 0.05) is 22.7 Å². The standard InChI is InChI=1S/C17H14N4O4S/c22-14(20-10-3-1-4-11(7-10)21(23)24)8-25-16-15-12-5-2-6-13(12)26-17(15)19-9-18-16/h1,3-4,7,9H,2,5-6,8H2,(H,20,22). The van der Waals surface area contributed by atoms with Gasteiger partial charge in [-0.2, -0.15) is 0 Å². The largest absolute Gasteiger partial charge is 0.467 e. The van der Waals surface area contributed by atoms with Crippen LogP contribution in [0.2, 0.25) is 0 Å². The lowest BCUT2D eigenvalue weighted by molar-refractivity contribution is -0.384. The zero-order valence-corrected chi connectivity index (χ0v) is 14.4. The number of fused-ring (bicyclic) bond motifs is 3. The number of hydrogen-bond acceptors (Lipinski definition) is 7. The van der Waals surface area contributed by atoms with E-state index in [1.807, 2.05) is 0 Å². The number of nitrogens with zero attached hydrogens (tertiary/aromatic N) is 3. The molecule has 9 heteroatoms. The fraction of sp³-hybridized carbons (Fsp3) is 0.235. The molecular weight excluding hydrogens is 356 g/mol. The molecule has 0 spiro atoms. The minimum absolute atomic E-state index is 0.0879. The molecule has 4 rings (SSSR count). The Labute approximate surface area is 152 Å². The summed E-state index contributed by atoms with van der Waals surface area (Å²) >= 11 is 1.65. The van der Waals surface area contributed by atoms with Crippen LogP contribution in [0.5, 0.6) is 5.88 Å². The molecule has 0 radical (unpaired) electrons. The van der Waals surface area contributed by atoms with Crippen LogP contribution in [0, 0.1) is 10.1 Å². The predicted molar refractivity (Wildman–Crippen MR) is 96.7 cm³/mol. The fourth-order valence-corrected chi connectivity index (χ4v) is 4.26. The molecule has 1 aliphatic carbocycles. The third-order valence-corrected chi connectivity index (χ3v) is 5.35. The molecule has 1 aliphatic rings. The van der Waals surface area contributed by atoms with Crippen LogP contribution in [-0.4, -0.2) is 27.4 Å². The zero-order valence-electron chi connectivity index (χ0n) is 13.6. The molecule has 26 heavy (non-hydrogen) atoms. The summed E-state index contributed by atoms with van der Waals surface area (Å²) in [5, 5.41) is 14.3. The maximum Gasteiger partial charge on any atom is 0.271 e. The quantitative estimate of drug-likeness (QED) is 0.546. The summed E-state index contributed by atoms with van der Waals surface area (Å²) in [7, 11) is 0. The van der Waals surface area contributed by atoms with E-state index in [0.29, 0.717) is 11.6 Å². The average molecular weight is 370 g/mol. The topological polar surface area (TPSA) is 107 Å². The first-order chi connectivity index (χ1) is 12.6. The summed E-state index contributed by atoms with van der Waals surface area (Å²) in [5.74, 6) is -0.00673. The number of aryl methyl sites for hydroxylation is 2. The Balaban J connectivity index is 1.48. The van der Waals surface area contributed by atoms with Crippen LogP contribution >= 0.6 is 11.3 Å². The van der Waals surface area contributed by atoms with E-state index >= 15 is 0 Å². The monoisotopic (exact) mass is 370 g/mol. The molecule has 3 aromatic rings. The molecule has 0 unspecified atom stereocenters. The molecule has 2 heterocycles. The Bertz CT molecular complexity index is 1020. The van der Waals surface area contributed by atoms with Gasteiger partial charge < -0.3 is 10.1 Å². The summed E-state index contributed by atoms with van der Waals surface area (Å²) in [6.07, 6.45) is 4.56. The highest BCUT2D eigenvalue weighted by atomic mass is 32.1. The van der Waals surface area contributed by atoms with E-state index in [9.17, 15) is 14.9 Å². The van der Waals surface area contributed by atoms with Gasteiger partial charge in [-0.3, -0.25) is 14.9 Å². The van der Waals surface area contributed by atoms with E-state index < -0.39 is 10.8 Å². The second kappa shape index (κ2) is 6.68. The average Bonchev–Trinajstić information content (AvgIpc) is 3.21. The first-order valence-corrected chi connectivity index (χ1v) is 8.86. The van der Waals surface area contributed by atoms with Crippen molar-refractivity contribution in [2.45, 2.75) is 19.3 Å². The normalized spacial score (nSPS) is 12.8. The molecule has 1 aromatic carbocycles. The van der Waals surface area contributed by atoms with Crippen molar-refractivity contribution in [3.05, 3.63) is 51.1 Å². The number of carbonyl (C=O) groups is 1. The summed E-state index contributed by atoms with van der Waals surface area (Å²) in [5.41, 5.74) is 1.48. The third kappa shape index (κ3) is 3.08. The summed E-state index contributed by atoms with van der Waals surface area (Å²) in [6, 6.07) is 5.75. The van der Waals surface area contributed by atoms with Gasteiger partial charge in [-0.1, -0.05) is 6.07 Å². The highest BCUT2D eigenvalue weighted by Gasteiger charge is 2.22. The SMILES string of the molecule is O=C(COc1ncnc2sc3c(c12)CCC3)Nc1cccc([N+](=O)[O-])c1. The van der Waals surface area contributed by atoms with Gasteiger partial charge in [0.05, 0.1) is 10.3 Å². The minimum Gasteiger partial charge on any atom is -0.467 e. The Kier molecular flexibility index (Phi) is 4.21. The van der Waals surface area contributed by atoms with Crippen molar-refractivity contribution in [3.8, 4) is 5.88 Å². The van der Waals surface area contributed by atoms with Crippen LogP contribution in [0.25, 0.3) is 10.2 Å². The zero-order chi connectivity index (χ0) is 18.1.